The van der Waals surface area contributed by atoms with Gasteiger partial charge >= 0.3 is 0 Å². The van der Waals surface area contributed by atoms with Crippen molar-refractivity contribution in [1.29, 1.82) is 0 Å². The number of hydrogen-bond acceptors (Lipinski definition) is 2. The van der Waals surface area contributed by atoms with E-state index >= 15 is 0 Å². The quantitative estimate of drug-likeness (QED) is 0.739. The van der Waals surface area contributed by atoms with Gasteiger partial charge in [-0.1, -0.05) is 19.1 Å². The van der Waals surface area contributed by atoms with Crippen molar-refractivity contribution >= 4 is 15.9 Å². The van der Waals surface area contributed by atoms with Crippen molar-refractivity contribution in [2.75, 3.05) is 6.61 Å². The zero-order chi connectivity index (χ0) is 15.2. The Kier molecular flexibility index (Phi) is 5.62. The molecule has 0 radical (unpaired) electrons. The molecule has 2 aromatic rings. The normalized spacial score (nSPS) is 10.6. The van der Waals surface area contributed by atoms with E-state index < -0.39 is 0 Å². The molecule has 0 fully saturated rings. The van der Waals surface area contributed by atoms with E-state index in [1.165, 1.54) is 5.56 Å². The summed E-state index contributed by atoms with van der Waals surface area (Å²) in [4.78, 5) is 12.0. The summed E-state index contributed by atoms with van der Waals surface area (Å²) in [6, 6.07) is 9.99. The van der Waals surface area contributed by atoms with E-state index in [0.29, 0.717) is 13.2 Å². The molecular formula is C17H20BrNO2. The van der Waals surface area contributed by atoms with Gasteiger partial charge in [-0.15, -0.1) is 0 Å². The second kappa shape index (κ2) is 7.46. The average Bonchev–Trinajstić information content (AvgIpc) is 2.49. The van der Waals surface area contributed by atoms with E-state index in [-0.39, 0.29) is 5.56 Å². The summed E-state index contributed by atoms with van der Waals surface area (Å²) in [6.45, 7) is 5.22. The van der Waals surface area contributed by atoms with Crippen LogP contribution in [0.15, 0.2) is 45.8 Å². The van der Waals surface area contributed by atoms with Crippen LogP contribution in [0.1, 0.15) is 24.5 Å². The lowest BCUT2D eigenvalue weighted by molar-refractivity contribution is 0.300. The first-order chi connectivity index (χ1) is 10.1. The van der Waals surface area contributed by atoms with E-state index in [9.17, 15) is 4.79 Å². The van der Waals surface area contributed by atoms with Crippen LogP contribution in [-0.4, -0.2) is 11.2 Å². The Bertz CT molecular complexity index is 647. The molecule has 0 bridgehead atoms. The topological polar surface area (TPSA) is 31.2 Å². The highest BCUT2D eigenvalue weighted by molar-refractivity contribution is 9.10. The highest BCUT2D eigenvalue weighted by atomic mass is 79.9. The molecule has 0 aliphatic rings. The maximum atomic E-state index is 12.0. The van der Waals surface area contributed by atoms with Crippen LogP contribution in [0.2, 0.25) is 0 Å². The Morgan fingerprint density at radius 2 is 1.95 bits per heavy atom. The smallest absolute Gasteiger partial charge is 0.253 e. The van der Waals surface area contributed by atoms with Gasteiger partial charge in [0.1, 0.15) is 5.75 Å². The highest BCUT2D eigenvalue weighted by Crippen LogP contribution is 2.13. The van der Waals surface area contributed by atoms with Crippen LogP contribution in [0, 0.1) is 6.92 Å². The minimum absolute atomic E-state index is 0.0606. The number of aryl methyl sites for hydroxylation is 3. The Labute approximate surface area is 133 Å². The van der Waals surface area contributed by atoms with Gasteiger partial charge in [0, 0.05) is 22.8 Å². The van der Waals surface area contributed by atoms with Crippen molar-refractivity contribution in [2.24, 2.45) is 0 Å². The van der Waals surface area contributed by atoms with E-state index in [1.54, 1.807) is 4.57 Å². The molecule has 0 aliphatic heterocycles. The molecule has 4 heteroatoms. The number of aromatic nitrogens is 1. The third-order valence-electron chi connectivity index (χ3n) is 3.38. The molecule has 1 aromatic carbocycles. The van der Waals surface area contributed by atoms with E-state index in [0.717, 1.165) is 28.6 Å². The molecule has 2 rings (SSSR count). The lowest BCUT2D eigenvalue weighted by Gasteiger charge is -2.09. The number of halogens is 1. The number of pyridine rings is 1. The van der Waals surface area contributed by atoms with Crippen molar-refractivity contribution in [3.05, 3.63) is 62.5 Å². The van der Waals surface area contributed by atoms with Crippen molar-refractivity contribution in [2.45, 2.75) is 33.2 Å². The van der Waals surface area contributed by atoms with Gasteiger partial charge in [-0.3, -0.25) is 4.79 Å². The first-order valence-electron chi connectivity index (χ1n) is 7.18. The Balaban J connectivity index is 1.86. The second-order valence-corrected chi connectivity index (χ2v) is 5.96. The predicted octanol–water partition coefficient (Wildman–Crippen LogP) is 3.95. The van der Waals surface area contributed by atoms with Gasteiger partial charge in [-0.05, 0) is 59.5 Å². The zero-order valence-corrected chi connectivity index (χ0v) is 14.0. The molecule has 21 heavy (non-hydrogen) atoms. The van der Waals surface area contributed by atoms with E-state index in [1.807, 2.05) is 31.3 Å². The summed E-state index contributed by atoms with van der Waals surface area (Å²) < 4.78 is 8.35. The molecule has 0 N–H and O–H groups in total. The molecular weight excluding hydrogens is 330 g/mol. The van der Waals surface area contributed by atoms with Crippen molar-refractivity contribution in [3.63, 3.8) is 0 Å². The number of benzene rings is 1. The van der Waals surface area contributed by atoms with Gasteiger partial charge < -0.3 is 9.30 Å². The molecule has 112 valence electrons. The highest BCUT2D eigenvalue weighted by Gasteiger charge is 2.02. The molecule has 1 aromatic heterocycles. The van der Waals surface area contributed by atoms with Crippen molar-refractivity contribution < 1.29 is 4.74 Å². The van der Waals surface area contributed by atoms with Gasteiger partial charge in [0.25, 0.3) is 5.56 Å². The van der Waals surface area contributed by atoms with Gasteiger partial charge in [-0.25, -0.2) is 0 Å². The lowest BCUT2D eigenvalue weighted by atomic mass is 10.2. The second-order valence-electron chi connectivity index (χ2n) is 5.04. The van der Waals surface area contributed by atoms with Gasteiger partial charge in [0.15, 0.2) is 0 Å². The molecule has 0 aliphatic carbocycles. The first kappa shape index (κ1) is 15.8. The van der Waals surface area contributed by atoms with Gasteiger partial charge in [0.05, 0.1) is 6.61 Å². The summed E-state index contributed by atoms with van der Waals surface area (Å²) in [7, 11) is 0. The molecule has 0 amide bonds. The molecule has 1 heterocycles. The summed E-state index contributed by atoms with van der Waals surface area (Å²) in [5, 5.41) is 0. The van der Waals surface area contributed by atoms with Crippen LogP contribution in [-0.2, 0) is 13.0 Å². The van der Waals surface area contributed by atoms with Crippen LogP contribution >= 0.6 is 15.9 Å². The molecule has 3 nitrogen and oxygen atoms in total. The minimum Gasteiger partial charge on any atom is -0.494 e. The van der Waals surface area contributed by atoms with E-state index in [4.69, 9.17) is 4.74 Å². The Morgan fingerprint density at radius 1 is 1.24 bits per heavy atom. The predicted molar refractivity (Wildman–Crippen MR) is 89.1 cm³/mol. The number of nitrogens with zero attached hydrogens (tertiary/aromatic N) is 1. The lowest BCUT2D eigenvalue weighted by Crippen LogP contribution is -2.22. The number of ether oxygens (including phenoxy) is 1. The van der Waals surface area contributed by atoms with Crippen LogP contribution in [0.25, 0.3) is 0 Å². The average molecular weight is 350 g/mol. The monoisotopic (exact) mass is 349 g/mol. The van der Waals surface area contributed by atoms with Gasteiger partial charge in [-0.2, -0.15) is 0 Å². The number of hydrogen-bond donors (Lipinski definition) is 0. The largest absolute Gasteiger partial charge is 0.494 e. The summed E-state index contributed by atoms with van der Waals surface area (Å²) in [5.74, 6) is 0.880. The molecule has 0 unspecified atom stereocenters. The third kappa shape index (κ3) is 4.46. The third-order valence-corrected chi connectivity index (χ3v) is 3.81. The number of rotatable bonds is 6. The first-order valence-corrected chi connectivity index (χ1v) is 7.97. The summed E-state index contributed by atoms with van der Waals surface area (Å²) in [5.41, 5.74) is 2.12. The van der Waals surface area contributed by atoms with Crippen molar-refractivity contribution in [3.8, 4) is 5.75 Å². The minimum atomic E-state index is 0.0606. The fraction of sp³-hybridized carbons (Fsp3) is 0.353. The summed E-state index contributed by atoms with van der Waals surface area (Å²) in [6.07, 6.45) is 3.65. The van der Waals surface area contributed by atoms with Crippen LogP contribution in [0.3, 0.4) is 0 Å². The fourth-order valence-electron chi connectivity index (χ4n) is 2.15. The molecule has 0 spiro atoms. The SMILES string of the molecule is CCc1ccc(OCCCn2cc(Br)cc(C)c2=O)cc1. The van der Waals surface area contributed by atoms with E-state index in [2.05, 4.69) is 35.0 Å². The fourth-order valence-corrected chi connectivity index (χ4v) is 2.74. The molecule has 0 saturated carbocycles. The van der Waals surface area contributed by atoms with Crippen molar-refractivity contribution in [1.82, 2.24) is 4.57 Å². The Morgan fingerprint density at radius 3 is 2.62 bits per heavy atom. The van der Waals surface area contributed by atoms with Crippen LogP contribution in [0.5, 0.6) is 5.75 Å². The molecule has 0 saturated heterocycles. The van der Waals surface area contributed by atoms with Crippen LogP contribution < -0.4 is 10.3 Å². The molecule has 0 atom stereocenters. The van der Waals surface area contributed by atoms with Gasteiger partial charge in [0.2, 0.25) is 0 Å². The standard InChI is InChI=1S/C17H20BrNO2/c1-3-14-5-7-16(8-6-14)21-10-4-9-19-12-15(18)11-13(2)17(19)20/h5-8,11-12H,3-4,9-10H2,1-2H3. The Hall–Kier alpha value is -1.55. The maximum Gasteiger partial charge on any atom is 0.253 e. The maximum absolute atomic E-state index is 12.0. The summed E-state index contributed by atoms with van der Waals surface area (Å²) >= 11 is 3.42. The van der Waals surface area contributed by atoms with Crippen LogP contribution in [0.4, 0.5) is 0 Å². The zero-order valence-electron chi connectivity index (χ0n) is 12.4.